The smallest absolute Gasteiger partial charge is 0.292 e. The van der Waals surface area contributed by atoms with Crippen LogP contribution in [0, 0.1) is 0 Å². The van der Waals surface area contributed by atoms with Gasteiger partial charge in [-0.05, 0) is 44.4 Å². The van der Waals surface area contributed by atoms with Crippen molar-refractivity contribution < 1.29 is 14.4 Å². The number of benzene rings is 2. The predicted octanol–water partition coefficient (Wildman–Crippen LogP) is 3.05. The van der Waals surface area contributed by atoms with Gasteiger partial charge in [-0.3, -0.25) is 14.4 Å². The van der Waals surface area contributed by atoms with Gasteiger partial charge in [0.25, 0.3) is 11.7 Å². The van der Waals surface area contributed by atoms with Gasteiger partial charge in [0.1, 0.15) is 5.02 Å². The molecule has 3 aromatic rings. The van der Waals surface area contributed by atoms with Crippen LogP contribution in [0.25, 0.3) is 0 Å². The fraction of sp³-hybridized carbons (Fsp3) is 0.174. The van der Waals surface area contributed by atoms with Crippen molar-refractivity contribution in [2.45, 2.75) is 0 Å². The number of para-hydroxylation sites is 1. The van der Waals surface area contributed by atoms with Crippen LogP contribution < -0.4 is 21.3 Å². The van der Waals surface area contributed by atoms with Crippen LogP contribution in [0.1, 0.15) is 10.4 Å². The summed E-state index contributed by atoms with van der Waals surface area (Å²) in [5.74, 6) is -0.893. The quantitative estimate of drug-likeness (QED) is 0.187. The minimum absolute atomic E-state index is 0.182. The van der Waals surface area contributed by atoms with Gasteiger partial charge in [-0.2, -0.15) is 4.98 Å². The van der Waals surface area contributed by atoms with Crippen molar-refractivity contribution in [3.05, 3.63) is 65.3 Å². The highest BCUT2D eigenvalue weighted by Gasteiger charge is 2.20. The third-order valence-corrected chi connectivity index (χ3v) is 4.84. The maximum atomic E-state index is 12.7. The lowest BCUT2D eigenvalue weighted by atomic mass is 10.1. The van der Waals surface area contributed by atoms with Crippen LogP contribution in [0.3, 0.4) is 0 Å². The fourth-order valence-electron chi connectivity index (χ4n) is 2.91. The molecule has 34 heavy (non-hydrogen) atoms. The van der Waals surface area contributed by atoms with Gasteiger partial charge in [-0.15, -0.1) is 0 Å². The second-order valence-electron chi connectivity index (χ2n) is 7.42. The van der Waals surface area contributed by atoms with Gasteiger partial charge in [-0.25, -0.2) is 4.98 Å². The van der Waals surface area contributed by atoms with Crippen molar-refractivity contribution >= 4 is 58.5 Å². The van der Waals surface area contributed by atoms with Crippen LogP contribution in [-0.4, -0.2) is 60.2 Å². The standard InChI is InChI=1S/C23H24ClN7O3/c1-31(2)11-10-25-22(34)20(33)17-8-3-4-9-19(17)29-21-18(24)13-26-23(30-21)28-16-7-5-6-15(12-16)27-14-32/h3-9,12-14H,10-11H2,1-2H3,(H,25,34)(H,27,32)(H2,26,28,29,30). The van der Waals surface area contributed by atoms with Gasteiger partial charge in [0.2, 0.25) is 12.4 Å². The third kappa shape index (κ3) is 6.74. The summed E-state index contributed by atoms with van der Waals surface area (Å²) in [7, 11) is 3.75. The van der Waals surface area contributed by atoms with Crippen LogP contribution in [0.2, 0.25) is 5.02 Å². The Kier molecular flexibility index (Phi) is 8.49. The first-order valence-corrected chi connectivity index (χ1v) is 10.7. The summed E-state index contributed by atoms with van der Waals surface area (Å²) in [6.45, 7) is 0.961. The Balaban J connectivity index is 1.78. The largest absolute Gasteiger partial charge is 0.348 e. The number of halogens is 1. The molecule has 2 amide bonds. The number of carbonyl (C=O) groups is 3. The number of hydrogen-bond donors (Lipinski definition) is 4. The van der Waals surface area contributed by atoms with Crippen LogP contribution in [0.4, 0.5) is 28.8 Å². The molecule has 1 heterocycles. The lowest BCUT2D eigenvalue weighted by molar-refractivity contribution is -0.117. The van der Waals surface area contributed by atoms with Crippen molar-refractivity contribution in [3.8, 4) is 0 Å². The van der Waals surface area contributed by atoms with Crippen LogP contribution in [0.15, 0.2) is 54.7 Å². The summed E-state index contributed by atoms with van der Waals surface area (Å²) in [5.41, 5.74) is 1.80. The Morgan fingerprint density at radius 2 is 1.82 bits per heavy atom. The maximum absolute atomic E-state index is 12.7. The van der Waals surface area contributed by atoms with Crippen molar-refractivity contribution in [1.82, 2.24) is 20.2 Å². The topological polar surface area (TPSA) is 128 Å². The molecule has 0 aliphatic rings. The summed E-state index contributed by atoms with van der Waals surface area (Å²) in [6.07, 6.45) is 1.99. The molecule has 0 bridgehead atoms. The molecule has 0 saturated carbocycles. The summed E-state index contributed by atoms with van der Waals surface area (Å²) in [4.78, 5) is 46.2. The van der Waals surface area contributed by atoms with Gasteiger partial charge in [0.15, 0.2) is 5.82 Å². The average Bonchev–Trinajstić information content (AvgIpc) is 2.81. The number of Topliss-reactive ketones (excluding diaryl/α,β-unsaturated/α-hetero) is 1. The SMILES string of the molecule is CN(C)CCNC(=O)C(=O)c1ccccc1Nc1nc(Nc2cccc(NC=O)c2)ncc1Cl. The molecule has 4 N–H and O–H groups in total. The Labute approximate surface area is 201 Å². The van der Waals surface area contributed by atoms with E-state index in [0.717, 1.165) is 0 Å². The molecular weight excluding hydrogens is 458 g/mol. The number of nitrogens with one attached hydrogen (secondary N) is 4. The number of carbonyl (C=O) groups excluding carboxylic acids is 3. The van der Waals surface area contributed by atoms with E-state index < -0.39 is 11.7 Å². The number of ketones is 1. The van der Waals surface area contributed by atoms with Crippen molar-refractivity contribution in [2.75, 3.05) is 43.1 Å². The summed E-state index contributed by atoms with van der Waals surface area (Å²) >= 11 is 6.28. The summed E-state index contributed by atoms with van der Waals surface area (Å²) in [5, 5.41) is 11.5. The zero-order chi connectivity index (χ0) is 24.5. The van der Waals surface area contributed by atoms with E-state index in [-0.39, 0.29) is 22.4 Å². The Bertz CT molecular complexity index is 1190. The second-order valence-corrected chi connectivity index (χ2v) is 7.82. The molecule has 0 saturated heterocycles. The van der Waals surface area contributed by atoms with E-state index in [0.29, 0.717) is 36.6 Å². The minimum Gasteiger partial charge on any atom is -0.348 e. The van der Waals surface area contributed by atoms with E-state index in [2.05, 4.69) is 31.2 Å². The molecule has 0 aliphatic heterocycles. The van der Waals surface area contributed by atoms with Crippen LogP contribution in [-0.2, 0) is 9.59 Å². The first-order chi connectivity index (χ1) is 16.4. The molecule has 10 nitrogen and oxygen atoms in total. The van der Waals surface area contributed by atoms with E-state index in [1.54, 1.807) is 48.5 Å². The lowest BCUT2D eigenvalue weighted by Crippen LogP contribution is -2.36. The Hall–Kier alpha value is -4.02. The van der Waals surface area contributed by atoms with Gasteiger partial charge in [-0.1, -0.05) is 29.8 Å². The summed E-state index contributed by atoms with van der Waals surface area (Å²) in [6, 6.07) is 13.6. The van der Waals surface area contributed by atoms with Crippen LogP contribution >= 0.6 is 11.6 Å². The number of aromatic nitrogens is 2. The van der Waals surface area contributed by atoms with Gasteiger partial charge >= 0.3 is 0 Å². The maximum Gasteiger partial charge on any atom is 0.292 e. The average molecular weight is 482 g/mol. The van der Waals surface area contributed by atoms with E-state index in [1.165, 1.54) is 6.20 Å². The first-order valence-electron chi connectivity index (χ1n) is 10.3. The molecule has 0 fully saturated rings. The number of anilines is 5. The minimum atomic E-state index is -0.698. The Morgan fingerprint density at radius 3 is 2.59 bits per heavy atom. The molecule has 2 aromatic carbocycles. The van der Waals surface area contributed by atoms with Gasteiger partial charge < -0.3 is 26.2 Å². The number of hydrogen-bond acceptors (Lipinski definition) is 8. The molecule has 0 unspecified atom stereocenters. The molecule has 3 rings (SSSR count). The van der Waals surface area contributed by atoms with Crippen molar-refractivity contribution in [2.24, 2.45) is 0 Å². The van der Waals surface area contributed by atoms with E-state index >= 15 is 0 Å². The highest BCUT2D eigenvalue weighted by molar-refractivity contribution is 6.44. The molecule has 176 valence electrons. The molecule has 0 radical (unpaired) electrons. The van der Waals surface area contributed by atoms with Gasteiger partial charge in [0.05, 0.1) is 17.4 Å². The predicted molar refractivity (Wildman–Crippen MR) is 132 cm³/mol. The number of likely N-dealkylation sites (N-methyl/N-ethyl adjacent to an activating group) is 1. The third-order valence-electron chi connectivity index (χ3n) is 4.56. The molecular formula is C23H24ClN7O3. The number of rotatable bonds is 11. The van der Waals surface area contributed by atoms with E-state index in [9.17, 15) is 14.4 Å². The molecule has 0 spiro atoms. The number of amides is 2. The highest BCUT2D eigenvalue weighted by atomic mass is 35.5. The van der Waals surface area contributed by atoms with Crippen LogP contribution in [0.5, 0.6) is 0 Å². The molecule has 0 atom stereocenters. The highest BCUT2D eigenvalue weighted by Crippen LogP contribution is 2.27. The zero-order valence-electron chi connectivity index (χ0n) is 18.6. The molecule has 1 aromatic heterocycles. The second kappa shape index (κ2) is 11.7. The molecule has 11 heteroatoms. The van der Waals surface area contributed by atoms with Crippen molar-refractivity contribution in [1.29, 1.82) is 0 Å². The monoisotopic (exact) mass is 481 g/mol. The molecule has 0 aliphatic carbocycles. The Morgan fingerprint density at radius 1 is 1.06 bits per heavy atom. The van der Waals surface area contributed by atoms with E-state index in [4.69, 9.17) is 11.6 Å². The summed E-state index contributed by atoms with van der Waals surface area (Å²) < 4.78 is 0. The fourth-order valence-corrected chi connectivity index (χ4v) is 3.05. The van der Waals surface area contributed by atoms with Gasteiger partial charge in [0, 0.05) is 24.5 Å². The first kappa shape index (κ1) is 24.6. The van der Waals surface area contributed by atoms with E-state index in [1.807, 2.05) is 19.0 Å². The number of nitrogens with zero attached hydrogens (tertiary/aromatic N) is 3. The lowest BCUT2D eigenvalue weighted by Gasteiger charge is -2.14. The van der Waals surface area contributed by atoms with Crippen molar-refractivity contribution in [3.63, 3.8) is 0 Å². The zero-order valence-corrected chi connectivity index (χ0v) is 19.4. The normalized spacial score (nSPS) is 10.5.